The Balaban J connectivity index is 2.26. The minimum Gasteiger partial charge on any atom is -0.397 e. The van der Waals surface area contributed by atoms with Crippen LogP contribution in [-0.4, -0.2) is 5.91 Å². The van der Waals surface area contributed by atoms with Gasteiger partial charge in [0.25, 0.3) is 5.91 Å². The van der Waals surface area contributed by atoms with E-state index in [4.69, 9.17) is 17.3 Å². The Morgan fingerprint density at radius 3 is 2.74 bits per heavy atom. The molecule has 0 spiro atoms. The molecule has 0 aliphatic carbocycles. The van der Waals surface area contributed by atoms with E-state index in [1.165, 1.54) is 12.1 Å². The first-order valence-electron chi connectivity index (χ1n) is 5.60. The zero-order chi connectivity index (χ0) is 14.0. The van der Waals surface area contributed by atoms with Gasteiger partial charge in [-0.3, -0.25) is 4.79 Å². The molecule has 0 heterocycles. The van der Waals surface area contributed by atoms with Crippen molar-refractivity contribution in [2.45, 2.75) is 6.92 Å². The number of hydrogen-bond donors (Lipinski definition) is 2. The first-order valence-corrected chi connectivity index (χ1v) is 5.98. The normalized spacial score (nSPS) is 10.3. The molecule has 0 radical (unpaired) electrons. The van der Waals surface area contributed by atoms with Gasteiger partial charge in [0.15, 0.2) is 0 Å². The van der Waals surface area contributed by atoms with E-state index in [2.05, 4.69) is 5.32 Å². The lowest BCUT2D eigenvalue weighted by Crippen LogP contribution is -2.14. The molecule has 0 saturated heterocycles. The second-order valence-electron chi connectivity index (χ2n) is 4.13. The molecule has 0 atom stereocenters. The fourth-order valence-corrected chi connectivity index (χ4v) is 1.76. The molecule has 5 heteroatoms. The number of halogens is 2. The summed E-state index contributed by atoms with van der Waals surface area (Å²) in [5.41, 5.74) is 6.86. The van der Waals surface area contributed by atoms with Crippen molar-refractivity contribution in [3.05, 3.63) is 58.4 Å². The van der Waals surface area contributed by atoms with Crippen molar-refractivity contribution in [2.24, 2.45) is 0 Å². The van der Waals surface area contributed by atoms with Crippen molar-refractivity contribution in [1.29, 1.82) is 0 Å². The van der Waals surface area contributed by atoms with Crippen LogP contribution in [0.1, 0.15) is 15.9 Å². The Hall–Kier alpha value is -2.07. The van der Waals surface area contributed by atoms with E-state index in [0.717, 1.165) is 0 Å². The quantitative estimate of drug-likeness (QED) is 0.824. The van der Waals surface area contributed by atoms with Gasteiger partial charge in [-0.1, -0.05) is 23.7 Å². The van der Waals surface area contributed by atoms with E-state index < -0.39 is 11.7 Å². The number of hydrogen-bond acceptors (Lipinski definition) is 2. The van der Waals surface area contributed by atoms with Crippen LogP contribution >= 0.6 is 11.6 Å². The monoisotopic (exact) mass is 278 g/mol. The summed E-state index contributed by atoms with van der Waals surface area (Å²) in [4.78, 5) is 12.0. The van der Waals surface area contributed by atoms with E-state index in [0.29, 0.717) is 22.0 Å². The van der Waals surface area contributed by atoms with Crippen LogP contribution in [-0.2, 0) is 0 Å². The molecule has 1 amide bonds. The first-order chi connectivity index (χ1) is 8.99. The van der Waals surface area contributed by atoms with Gasteiger partial charge in [0, 0.05) is 5.69 Å². The lowest BCUT2D eigenvalue weighted by atomic mass is 10.1. The lowest BCUT2D eigenvalue weighted by molar-refractivity contribution is 0.102. The predicted molar refractivity (Wildman–Crippen MR) is 75.0 cm³/mol. The zero-order valence-electron chi connectivity index (χ0n) is 10.2. The molecule has 0 fully saturated rings. The van der Waals surface area contributed by atoms with Gasteiger partial charge in [-0.05, 0) is 36.8 Å². The third-order valence-electron chi connectivity index (χ3n) is 2.69. The van der Waals surface area contributed by atoms with E-state index in [-0.39, 0.29) is 5.56 Å². The van der Waals surface area contributed by atoms with Gasteiger partial charge >= 0.3 is 0 Å². The molecule has 3 nitrogen and oxygen atoms in total. The number of nitrogens with one attached hydrogen (secondary N) is 1. The molecule has 2 aromatic carbocycles. The van der Waals surface area contributed by atoms with Crippen LogP contribution in [0.5, 0.6) is 0 Å². The highest BCUT2D eigenvalue weighted by Gasteiger charge is 2.13. The number of rotatable bonds is 2. The van der Waals surface area contributed by atoms with Crippen molar-refractivity contribution >= 4 is 28.9 Å². The fourth-order valence-electron chi connectivity index (χ4n) is 1.64. The van der Waals surface area contributed by atoms with Crippen LogP contribution in [0.4, 0.5) is 15.8 Å². The van der Waals surface area contributed by atoms with Crippen LogP contribution in [0.15, 0.2) is 36.4 Å². The van der Waals surface area contributed by atoms with Gasteiger partial charge in [-0.2, -0.15) is 0 Å². The molecule has 0 bridgehead atoms. The molecule has 3 N–H and O–H groups in total. The summed E-state index contributed by atoms with van der Waals surface area (Å²) in [7, 11) is 0. The Morgan fingerprint density at radius 2 is 2.05 bits per heavy atom. The van der Waals surface area contributed by atoms with Crippen molar-refractivity contribution in [2.75, 3.05) is 11.1 Å². The Bertz CT molecular complexity index is 643. The Labute approximate surface area is 115 Å². The Morgan fingerprint density at radius 1 is 1.32 bits per heavy atom. The van der Waals surface area contributed by atoms with Crippen LogP contribution in [0.3, 0.4) is 0 Å². The molecule has 98 valence electrons. The summed E-state index contributed by atoms with van der Waals surface area (Å²) in [6.45, 7) is 1.60. The average Bonchev–Trinajstić information content (AvgIpc) is 2.37. The number of amides is 1. The van der Waals surface area contributed by atoms with E-state index in [9.17, 15) is 9.18 Å². The van der Waals surface area contributed by atoms with Crippen molar-refractivity contribution in [1.82, 2.24) is 0 Å². The van der Waals surface area contributed by atoms with E-state index in [1.54, 1.807) is 31.2 Å². The smallest absolute Gasteiger partial charge is 0.258 e. The maximum Gasteiger partial charge on any atom is 0.258 e. The van der Waals surface area contributed by atoms with Crippen LogP contribution in [0.2, 0.25) is 5.02 Å². The summed E-state index contributed by atoms with van der Waals surface area (Å²) in [6, 6.07) is 9.35. The number of benzene rings is 2. The number of anilines is 2. The minimum absolute atomic E-state index is 0.00600. The van der Waals surface area contributed by atoms with Crippen molar-refractivity contribution < 1.29 is 9.18 Å². The summed E-state index contributed by atoms with van der Waals surface area (Å²) >= 11 is 5.78. The molecule has 19 heavy (non-hydrogen) atoms. The maximum atomic E-state index is 13.8. The van der Waals surface area contributed by atoms with Gasteiger partial charge in [-0.15, -0.1) is 0 Å². The highest BCUT2D eigenvalue weighted by atomic mass is 35.5. The van der Waals surface area contributed by atoms with Crippen LogP contribution < -0.4 is 11.1 Å². The number of carbonyl (C=O) groups is 1. The highest BCUT2D eigenvalue weighted by molar-refractivity contribution is 6.33. The molecule has 0 saturated carbocycles. The first kappa shape index (κ1) is 13.4. The average molecular weight is 279 g/mol. The zero-order valence-corrected chi connectivity index (χ0v) is 11.0. The SMILES string of the molecule is Cc1cccc(C(=O)Nc2ccc(Cl)c(N)c2)c1F. The van der Waals surface area contributed by atoms with Gasteiger partial charge in [-0.25, -0.2) is 4.39 Å². The summed E-state index contributed by atoms with van der Waals surface area (Å²) < 4.78 is 13.8. The van der Waals surface area contributed by atoms with E-state index in [1.807, 2.05) is 0 Å². The van der Waals surface area contributed by atoms with Crippen molar-refractivity contribution in [3.63, 3.8) is 0 Å². The number of nitrogen functional groups attached to an aromatic ring is 1. The topological polar surface area (TPSA) is 55.1 Å². The summed E-state index contributed by atoms with van der Waals surface area (Å²) in [5.74, 6) is -1.05. The molecule has 2 aromatic rings. The molecule has 0 aliphatic heterocycles. The highest BCUT2D eigenvalue weighted by Crippen LogP contribution is 2.23. The van der Waals surface area contributed by atoms with Crippen LogP contribution in [0.25, 0.3) is 0 Å². The van der Waals surface area contributed by atoms with E-state index >= 15 is 0 Å². The number of carbonyl (C=O) groups excluding carboxylic acids is 1. The molecular weight excluding hydrogens is 267 g/mol. The van der Waals surface area contributed by atoms with Gasteiger partial charge in [0.1, 0.15) is 5.82 Å². The van der Waals surface area contributed by atoms with Gasteiger partial charge in [0.05, 0.1) is 16.3 Å². The van der Waals surface area contributed by atoms with Crippen molar-refractivity contribution in [3.8, 4) is 0 Å². The maximum absolute atomic E-state index is 13.8. The molecule has 2 rings (SSSR count). The minimum atomic E-state index is -0.526. The standard InChI is InChI=1S/C14H12ClFN2O/c1-8-3-2-4-10(13(8)16)14(19)18-9-5-6-11(15)12(17)7-9/h2-7H,17H2,1H3,(H,18,19). The summed E-state index contributed by atoms with van der Waals surface area (Å²) in [5, 5.41) is 2.98. The number of aryl methyl sites for hydroxylation is 1. The third kappa shape index (κ3) is 2.85. The molecular formula is C14H12ClFN2O. The molecule has 0 aliphatic rings. The largest absolute Gasteiger partial charge is 0.397 e. The Kier molecular flexibility index (Phi) is 3.71. The second kappa shape index (κ2) is 5.28. The lowest BCUT2D eigenvalue weighted by Gasteiger charge is -2.08. The van der Waals surface area contributed by atoms with Gasteiger partial charge < -0.3 is 11.1 Å². The summed E-state index contributed by atoms with van der Waals surface area (Å²) in [6.07, 6.45) is 0. The molecule has 0 unspecified atom stereocenters. The third-order valence-corrected chi connectivity index (χ3v) is 3.03. The fraction of sp³-hybridized carbons (Fsp3) is 0.0714. The van der Waals surface area contributed by atoms with Crippen LogP contribution in [0, 0.1) is 12.7 Å². The predicted octanol–water partition coefficient (Wildman–Crippen LogP) is 3.62. The second-order valence-corrected chi connectivity index (χ2v) is 4.53. The number of nitrogens with two attached hydrogens (primary N) is 1. The van der Waals surface area contributed by atoms with Gasteiger partial charge in [0.2, 0.25) is 0 Å². The molecule has 0 aromatic heterocycles.